The predicted molar refractivity (Wildman–Crippen MR) is 84.2 cm³/mol. The number of halogens is 1. The van der Waals surface area contributed by atoms with Crippen molar-refractivity contribution in [3.63, 3.8) is 0 Å². The van der Waals surface area contributed by atoms with Gasteiger partial charge in [0.2, 0.25) is 0 Å². The number of ether oxygens (including phenoxy) is 1. The standard InChI is InChI=1S/C17H14FNO2S/c18-14-5-3-13(4-6-14)17-19-15(11-22-17)10-21-16-7-1-12(9-20)2-8-16/h1-8,11,20H,9-10H2. The molecule has 0 fully saturated rings. The lowest BCUT2D eigenvalue weighted by atomic mass is 10.2. The molecule has 1 heterocycles. The first kappa shape index (κ1) is 14.7. The lowest BCUT2D eigenvalue weighted by Gasteiger charge is -2.04. The molecule has 3 rings (SSSR count). The van der Waals surface area contributed by atoms with E-state index in [-0.39, 0.29) is 12.4 Å². The van der Waals surface area contributed by atoms with Crippen molar-refractivity contribution in [3.8, 4) is 16.3 Å². The van der Waals surface area contributed by atoms with Crippen molar-refractivity contribution in [2.45, 2.75) is 13.2 Å². The average molecular weight is 315 g/mol. The first-order valence-electron chi connectivity index (χ1n) is 6.77. The van der Waals surface area contributed by atoms with Crippen LogP contribution in [0.3, 0.4) is 0 Å². The van der Waals surface area contributed by atoms with Gasteiger partial charge in [-0.3, -0.25) is 0 Å². The summed E-state index contributed by atoms with van der Waals surface area (Å²) >= 11 is 1.50. The van der Waals surface area contributed by atoms with Gasteiger partial charge in [0, 0.05) is 10.9 Å². The number of nitrogens with zero attached hydrogens (tertiary/aromatic N) is 1. The summed E-state index contributed by atoms with van der Waals surface area (Å²) in [5, 5.41) is 11.8. The van der Waals surface area contributed by atoms with Crippen molar-refractivity contribution in [1.82, 2.24) is 4.98 Å². The normalized spacial score (nSPS) is 10.6. The molecule has 5 heteroatoms. The zero-order chi connectivity index (χ0) is 15.4. The Morgan fingerprint density at radius 2 is 1.77 bits per heavy atom. The number of thiazole rings is 1. The lowest BCUT2D eigenvalue weighted by molar-refractivity contribution is 0.280. The number of hydrogen-bond acceptors (Lipinski definition) is 4. The highest BCUT2D eigenvalue weighted by Gasteiger charge is 2.06. The molecule has 0 saturated carbocycles. The molecule has 0 bridgehead atoms. The number of benzene rings is 2. The van der Waals surface area contributed by atoms with Gasteiger partial charge in [0.15, 0.2) is 0 Å². The Balaban J connectivity index is 1.65. The summed E-state index contributed by atoms with van der Waals surface area (Å²) in [7, 11) is 0. The first-order chi connectivity index (χ1) is 10.7. The smallest absolute Gasteiger partial charge is 0.131 e. The first-order valence-corrected chi connectivity index (χ1v) is 7.65. The van der Waals surface area contributed by atoms with E-state index >= 15 is 0 Å². The predicted octanol–water partition coefficient (Wildman–Crippen LogP) is 4.02. The van der Waals surface area contributed by atoms with E-state index in [1.165, 1.54) is 23.5 Å². The second-order valence-corrected chi connectivity index (χ2v) is 5.60. The van der Waals surface area contributed by atoms with E-state index in [1.54, 1.807) is 12.1 Å². The summed E-state index contributed by atoms with van der Waals surface area (Å²) in [5.74, 6) is 0.476. The van der Waals surface area contributed by atoms with E-state index < -0.39 is 0 Å². The Hall–Kier alpha value is -2.24. The third kappa shape index (κ3) is 3.50. The van der Waals surface area contributed by atoms with Gasteiger partial charge < -0.3 is 9.84 Å². The van der Waals surface area contributed by atoms with Crippen molar-refractivity contribution in [3.05, 3.63) is 71.0 Å². The van der Waals surface area contributed by atoms with Crippen LogP contribution in [0.2, 0.25) is 0 Å². The molecule has 0 amide bonds. The van der Waals surface area contributed by atoms with E-state index in [9.17, 15) is 4.39 Å². The topological polar surface area (TPSA) is 42.4 Å². The van der Waals surface area contributed by atoms with Gasteiger partial charge in [-0.05, 0) is 42.0 Å². The van der Waals surface area contributed by atoms with Crippen LogP contribution >= 0.6 is 11.3 Å². The molecule has 0 aliphatic heterocycles. The van der Waals surface area contributed by atoms with E-state index in [0.717, 1.165) is 27.6 Å². The molecule has 0 spiro atoms. The molecule has 2 aromatic carbocycles. The van der Waals surface area contributed by atoms with Crippen LogP contribution in [0.25, 0.3) is 10.6 Å². The van der Waals surface area contributed by atoms with E-state index in [2.05, 4.69) is 4.98 Å². The maximum atomic E-state index is 12.9. The van der Waals surface area contributed by atoms with Gasteiger partial charge in [-0.2, -0.15) is 0 Å². The summed E-state index contributed by atoms with van der Waals surface area (Å²) in [6, 6.07) is 13.6. The largest absolute Gasteiger partial charge is 0.487 e. The van der Waals surface area contributed by atoms with Crippen molar-refractivity contribution < 1.29 is 14.2 Å². The van der Waals surface area contributed by atoms with E-state index in [1.807, 2.05) is 29.6 Å². The zero-order valence-corrected chi connectivity index (χ0v) is 12.5. The van der Waals surface area contributed by atoms with Gasteiger partial charge >= 0.3 is 0 Å². The van der Waals surface area contributed by atoms with Gasteiger partial charge in [-0.25, -0.2) is 9.37 Å². The second-order valence-electron chi connectivity index (χ2n) is 4.74. The van der Waals surface area contributed by atoms with Crippen LogP contribution in [-0.2, 0) is 13.2 Å². The highest BCUT2D eigenvalue weighted by molar-refractivity contribution is 7.13. The van der Waals surface area contributed by atoms with Crippen LogP contribution < -0.4 is 4.74 Å². The highest BCUT2D eigenvalue weighted by Crippen LogP contribution is 2.24. The SMILES string of the molecule is OCc1ccc(OCc2csc(-c3ccc(F)cc3)n2)cc1. The lowest BCUT2D eigenvalue weighted by Crippen LogP contribution is -1.96. The molecule has 112 valence electrons. The van der Waals surface area contributed by atoms with Gasteiger partial charge in [0.1, 0.15) is 23.2 Å². The minimum atomic E-state index is -0.254. The van der Waals surface area contributed by atoms with E-state index in [0.29, 0.717) is 6.61 Å². The van der Waals surface area contributed by atoms with Crippen LogP contribution in [-0.4, -0.2) is 10.1 Å². The third-order valence-corrected chi connectivity index (χ3v) is 4.08. The van der Waals surface area contributed by atoms with E-state index in [4.69, 9.17) is 9.84 Å². The number of aliphatic hydroxyl groups is 1. The Kier molecular flexibility index (Phi) is 4.46. The number of aliphatic hydroxyl groups excluding tert-OH is 1. The van der Waals surface area contributed by atoms with Crippen molar-refractivity contribution in [2.75, 3.05) is 0 Å². The fraction of sp³-hybridized carbons (Fsp3) is 0.118. The van der Waals surface area contributed by atoms with Crippen LogP contribution in [0.4, 0.5) is 4.39 Å². The molecule has 0 unspecified atom stereocenters. The summed E-state index contributed by atoms with van der Waals surface area (Å²) in [6.45, 7) is 0.392. The minimum Gasteiger partial charge on any atom is -0.487 e. The summed E-state index contributed by atoms with van der Waals surface area (Å²) in [4.78, 5) is 4.49. The molecule has 1 N–H and O–H groups in total. The molecule has 3 aromatic rings. The highest BCUT2D eigenvalue weighted by atomic mass is 32.1. The average Bonchev–Trinajstić information content (AvgIpc) is 3.03. The van der Waals surface area contributed by atoms with Crippen LogP contribution in [0.5, 0.6) is 5.75 Å². The summed E-state index contributed by atoms with van der Waals surface area (Å²) < 4.78 is 18.6. The van der Waals surface area contributed by atoms with Crippen molar-refractivity contribution >= 4 is 11.3 Å². The number of rotatable bonds is 5. The summed E-state index contributed by atoms with van der Waals surface area (Å²) in [6.07, 6.45) is 0. The van der Waals surface area contributed by atoms with Gasteiger partial charge in [0.05, 0.1) is 12.3 Å². The number of aromatic nitrogens is 1. The Morgan fingerprint density at radius 3 is 2.45 bits per heavy atom. The van der Waals surface area contributed by atoms with Crippen LogP contribution in [0, 0.1) is 5.82 Å². The fourth-order valence-electron chi connectivity index (χ4n) is 1.95. The molecular formula is C17H14FNO2S. The monoisotopic (exact) mass is 315 g/mol. The molecule has 0 radical (unpaired) electrons. The second kappa shape index (κ2) is 6.68. The van der Waals surface area contributed by atoms with Crippen molar-refractivity contribution in [2.24, 2.45) is 0 Å². The van der Waals surface area contributed by atoms with Gasteiger partial charge in [-0.1, -0.05) is 12.1 Å². The maximum Gasteiger partial charge on any atom is 0.131 e. The van der Waals surface area contributed by atoms with Crippen LogP contribution in [0.1, 0.15) is 11.3 Å². The quantitative estimate of drug-likeness (QED) is 0.773. The Morgan fingerprint density at radius 1 is 1.05 bits per heavy atom. The molecule has 22 heavy (non-hydrogen) atoms. The molecular weight excluding hydrogens is 301 g/mol. The Bertz CT molecular complexity index is 738. The zero-order valence-electron chi connectivity index (χ0n) is 11.7. The molecule has 1 aromatic heterocycles. The molecule has 0 aliphatic rings. The van der Waals surface area contributed by atoms with Gasteiger partial charge in [0.25, 0.3) is 0 Å². The third-order valence-electron chi connectivity index (χ3n) is 3.14. The van der Waals surface area contributed by atoms with Gasteiger partial charge in [-0.15, -0.1) is 11.3 Å². The maximum absolute atomic E-state index is 12.9. The van der Waals surface area contributed by atoms with Crippen LogP contribution in [0.15, 0.2) is 53.9 Å². The van der Waals surface area contributed by atoms with Crippen molar-refractivity contribution in [1.29, 1.82) is 0 Å². The molecule has 0 atom stereocenters. The molecule has 3 nitrogen and oxygen atoms in total. The fourth-order valence-corrected chi connectivity index (χ4v) is 2.76. The minimum absolute atomic E-state index is 0.0212. The Labute approximate surface area is 131 Å². The number of hydrogen-bond donors (Lipinski definition) is 1. The summed E-state index contributed by atoms with van der Waals surface area (Å²) in [5.41, 5.74) is 2.57. The molecule has 0 saturated heterocycles. The molecule has 0 aliphatic carbocycles.